The van der Waals surface area contributed by atoms with Crippen LogP contribution in [-0.2, 0) is 16.1 Å². The highest BCUT2D eigenvalue weighted by atomic mass is 28.3. The Balaban J connectivity index is 1.59. The van der Waals surface area contributed by atoms with E-state index < -0.39 is 13.7 Å². The Morgan fingerprint density at radius 2 is 2.07 bits per heavy atom. The Bertz CT molecular complexity index is 727. The first-order valence-corrected chi connectivity index (χ1v) is 14.5. The summed E-state index contributed by atoms with van der Waals surface area (Å²) in [6.45, 7) is 13.9. The summed E-state index contributed by atoms with van der Waals surface area (Å²) in [5, 5.41) is 1.51. The Kier molecular flexibility index (Phi) is 6.89. The van der Waals surface area contributed by atoms with Crippen molar-refractivity contribution in [2.75, 3.05) is 13.2 Å². The van der Waals surface area contributed by atoms with E-state index in [1.54, 1.807) is 0 Å². The van der Waals surface area contributed by atoms with Gasteiger partial charge in [-0.15, -0.1) is 0 Å². The van der Waals surface area contributed by atoms with Crippen molar-refractivity contribution in [1.29, 1.82) is 0 Å². The van der Waals surface area contributed by atoms with Crippen LogP contribution in [0.3, 0.4) is 0 Å². The van der Waals surface area contributed by atoms with E-state index in [9.17, 15) is 4.79 Å². The van der Waals surface area contributed by atoms with E-state index in [2.05, 4.69) is 51.7 Å². The molecule has 0 aromatic heterocycles. The molecule has 2 aliphatic heterocycles. The molecule has 0 spiro atoms. The number of benzene rings is 1. The van der Waals surface area contributed by atoms with Gasteiger partial charge < -0.3 is 14.4 Å². The molecule has 1 unspecified atom stereocenters. The second-order valence-corrected chi connectivity index (χ2v) is 15.1. The van der Waals surface area contributed by atoms with Crippen molar-refractivity contribution in [1.82, 2.24) is 4.90 Å². The van der Waals surface area contributed by atoms with Gasteiger partial charge in [-0.2, -0.15) is 0 Å². The molecular weight excluding hydrogens is 378 g/mol. The number of nitrogens with zero attached hydrogens (tertiary/aromatic N) is 1. The Morgan fingerprint density at radius 1 is 1.34 bits per heavy atom. The Hall–Kier alpha value is -1.59. The summed E-state index contributed by atoms with van der Waals surface area (Å²) in [6.07, 6.45) is 6.42. The minimum Gasteiger partial charge on any atom is -0.437 e. The van der Waals surface area contributed by atoms with Crippen LogP contribution < -0.4 is 0 Å². The van der Waals surface area contributed by atoms with Crippen molar-refractivity contribution in [2.45, 2.75) is 77.4 Å². The Morgan fingerprint density at radius 3 is 2.76 bits per heavy atom. The lowest BCUT2D eigenvalue weighted by Crippen LogP contribution is -2.40. The van der Waals surface area contributed by atoms with Gasteiger partial charge in [0.25, 0.3) is 0 Å². The van der Waals surface area contributed by atoms with Crippen LogP contribution in [0.15, 0.2) is 41.6 Å². The summed E-state index contributed by atoms with van der Waals surface area (Å²) in [6, 6.07) is 10.5. The maximum atomic E-state index is 12.3. The van der Waals surface area contributed by atoms with E-state index in [0.29, 0.717) is 12.5 Å². The Labute approximate surface area is 177 Å². The van der Waals surface area contributed by atoms with Gasteiger partial charge in [-0.25, -0.2) is 4.79 Å². The number of amides is 1. The quantitative estimate of drug-likeness (QED) is 0.378. The first kappa shape index (κ1) is 22.1. The number of carbonyl (C=O) groups is 1. The van der Waals surface area contributed by atoms with E-state index >= 15 is 0 Å². The molecule has 2 fully saturated rings. The van der Waals surface area contributed by atoms with Crippen LogP contribution in [0, 0.1) is 5.92 Å². The van der Waals surface area contributed by atoms with Gasteiger partial charge in [-0.05, 0) is 50.2 Å². The number of rotatable bonds is 9. The molecule has 3 rings (SSSR count). The minimum atomic E-state index is -1.52. The summed E-state index contributed by atoms with van der Waals surface area (Å²) in [4.78, 5) is 14.2. The lowest BCUT2D eigenvalue weighted by Gasteiger charge is -2.31. The SMILES string of the molecule is CC(CCOCc1ccccc1)C/C(=C/[C@]1(C)OC(=O)N2CCC[C@H]21)[Si](C)(C)C. The molecule has 1 aromatic carbocycles. The monoisotopic (exact) mass is 415 g/mol. The highest BCUT2D eigenvalue weighted by Gasteiger charge is 2.52. The zero-order valence-electron chi connectivity index (χ0n) is 18.7. The average Bonchev–Trinajstić information content (AvgIpc) is 3.23. The molecule has 160 valence electrons. The zero-order valence-corrected chi connectivity index (χ0v) is 19.7. The van der Waals surface area contributed by atoms with Crippen LogP contribution >= 0.6 is 0 Å². The predicted octanol–water partition coefficient (Wildman–Crippen LogP) is 5.80. The number of hydrogen-bond acceptors (Lipinski definition) is 3. The first-order chi connectivity index (χ1) is 13.7. The van der Waals surface area contributed by atoms with Gasteiger partial charge >= 0.3 is 6.09 Å². The molecule has 0 bridgehead atoms. The van der Waals surface area contributed by atoms with E-state index in [4.69, 9.17) is 9.47 Å². The second kappa shape index (κ2) is 9.05. The van der Waals surface area contributed by atoms with Crippen molar-refractivity contribution in [2.24, 2.45) is 5.92 Å². The highest BCUT2D eigenvalue weighted by molar-refractivity contribution is 6.83. The lowest BCUT2D eigenvalue weighted by molar-refractivity contribution is 0.0890. The topological polar surface area (TPSA) is 38.8 Å². The van der Waals surface area contributed by atoms with Crippen LogP contribution in [0.4, 0.5) is 4.79 Å². The van der Waals surface area contributed by atoms with Gasteiger partial charge in [-0.3, -0.25) is 0 Å². The molecule has 0 N–H and O–H groups in total. The van der Waals surface area contributed by atoms with Gasteiger partial charge in [0, 0.05) is 13.2 Å². The third kappa shape index (κ3) is 5.52. The zero-order chi connectivity index (χ0) is 21.1. The van der Waals surface area contributed by atoms with Crippen LogP contribution in [0.1, 0.15) is 45.1 Å². The third-order valence-corrected chi connectivity index (χ3v) is 8.59. The number of cyclic esters (lactones) is 1. The molecule has 3 atom stereocenters. The van der Waals surface area contributed by atoms with Crippen molar-refractivity contribution in [3.05, 3.63) is 47.2 Å². The molecule has 4 nitrogen and oxygen atoms in total. The fourth-order valence-corrected chi connectivity index (χ4v) is 6.16. The van der Waals surface area contributed by atoms with Gasteiger partial charge in [0.15, 0.2) is 0 Å². The predicted molar refractivity (Wildman–Crippen MR) is 121 cm³/mol. The van der Waals surface area contributed by atoms with E-state index in [1.807, 2.05) is 23.1 Å². The third-order valence-electron chi connectivity index (χ3n) is 6.32. The van der Waals surface area contributed by atoms with Crippen molar-refractivity contribution in [3.63, 3.8) is 0 Å². The van der Waals surface area contributed by atoms with Crippen LogP contribution in [0.2, 0.25) is 19.6 Å². The largest absolute Gasteiger partial charge is 0.437 e. The maximum Gasteiger partial charge on any atom is 0.411 e. The fraction of sp³-hybridized carbons (Fsp3) is 0.625. The minimum absolute atomic E-state index is 0.136. The normalized spacial score (nSPS) is 25.8. The van der Waals surface area contributed by atoms with E-state index in [-0.39, 0.29) is 12.1 Å². The van der Waals surface area contributed by atoms with Crippen LogP contribution in [0.5, 0.6) is 0 Å². The van der Waals surface area contributed by atoms with E-state index in [0.717, 1.165) is 38.8 Å². The summed E-state index contributed by atoms with van der Waals surface area (Å²) in [7, 11) is -1.52. The average molecular weight is 416 g/mol. The molecule has 1 amide bonds. The number of hydrogen-bond donors (Lipinski definition) is 0. The molecule has 5 heteroatoms. The van der Waals surface area contributed by atoms with Gasteiger partial charge in [0.2, 0.25) is 0 Å². The first-order valence-electron chi connectivity index (χ1n) is 11.0. The van der Waals surface area contributed by atoms with Crippen molar-refractivity contribution in [3.8, 4) is 0 Å². The number of allylic oxidation sites excluding steroid dienone is 1. The molecule has 2 saturated heterocycles. The standard InChI is InChI=1S/C24H37NO3Si/c1-19(13-15-27-18-20-10-7-6-8-11-20)16-21(29(3,4)5)17-24(2)22-12-9-14-25(22)23(26)28-24/h6-8,10-11,17,19,22H,9,12-16,18H2,1-5H3/b21-17-/t19?,22-,24-/m0/s1. The van der Waals surface area contributed by atoms with Gasteiger partial charge in [-0.1, -0.05) is 62.1 Å². The molecule has 0 radical (unpaired) electrons. The summed E-state index contributed by atoms with van der Waals surface area (Å²) >= 11 is 0. The van der Waals surface area contributed by atoms with Crippen molar-refractivity contribution >= 4 is 14.2 Å². The number of carbonyl (C=O) groups excluding carboxylic acids is 1. The van der Waals surface area contributed by atoms with Crippen LogP contribution in [0.25, 0.3) is 0 Å². The molecule has 2 aliphatic rings. The van der Waals surface area contributed by atoms with Crippen LogP contribution in [-0.4, -0.2) is 43.9 Å². The number of ether oxygens (including phenoxy) is 2. The molecule has 1 aromatic rings. The van der Waals surface area contributed by atoms with Gasteiger partial charge in [0.1, 0.15) is 5.60 Å². The smallest absolute Gasteiger partial charge is 0.411 e. The molecule has 2 heterocycles. The molecular formula is C24H37NO3Si. The lowest BCUT2D eigenvalue weighted by atomic mass is 9.93. The second-order valence-electron chi connectivity index (χ2n) is 9.96. The summed E-state index contributed by atoms with van der Waals surface area (Å²) in [5.74, 6) is 0.545. The highest BCUT2D eigenvalue weighted by Crippen LogP contribution is 2.40. The molecule has 0 aliphatic carbocycles. The summed E-state index contributed by atoms with van der Waals surface area (Å²) in [5.41, 5.74) is 0.743. The van der Waals surface area contributed by atoms with Crippen molar-refractivity contribution < 1.29 is 14.3 Å². The van der Waals surface area contributed by atoms with E-state index in [1.165, 1.54) is 10.8 Å². The van der Waals surface area contributed by atoms with Gasteiger partial charge in [0.05, 0.1) is 20.7 Å². The fourth-order valence-electron chi connectivity index (χ4n) is 4.48. The maximum absolute atomic E-state index is 12.3. The summed E-state index contributed by atoms with van der Waals surface area (Å²) < 4.78 is 11.8. The molecule has 0 saturated carbocycles. The number of fused-ring (bicyclic) bond motifs is 1. The molecule has 29 heavy (non-hydrogen) atoms.